The van der Waals surface area contributed by atoms with Crippen LogP contribution in [0.1, 0.15) is 37.8 Å². The number of ether oxygens (including phenoxy) is 4. The molecule has 0 radical (unpaired) electrons. The van der Waals surface area contributed by atoms with E-state index >= 15 is 0 Å². The van der Waals surface area contributed by atoms with Gasteiger partial charge in [-0.05, 0) is 49.9 Å². The van der Waals surface area contributed by atoms with Crippen molar-refractivity contribution in [3.63, 3.8) is 0 Å². The molecule has 11 heteroatoms. The highest BCUT2D eigenvalue weighted by Crippen LogP contribution is 2.41. The van der Waals surface area contributed by atoms with Crippen LogP contribution in [0.3, 0.4) is 0 Å². The van der Waals surface area contributed by atoms with Crippen LogP contribution < -0.4 is 15.5 Å². The van der Waals surface area contributed by atoms with Crippen LogP contribution in [0.4, 0.5) is 5.82 Å². The van der Waals surface area contributed by atoms with Gasteiger partial charge in [0.15, 0.2) is 17.4 Å². The number of hydrazine groups is 1. The highest BCUT2D eigenvalue weighted by atomic mass is 32.2. The van der Waals surface area contributed by atoms with Gasteiger partial charge in [0.1, 0.15) is 18.0 Å². The first-order valence-electron chi connectivity index (χ1n) is 12.1. The minimum atomic E-state index is -0.408. The van der Waals surface area contributed by atoms with E-state index in [1.54, 1.807) is 37.0 Å². The number of hydrogen-bond donors (Lipinski definition) is 2. The Morgan fingerprint density at radius 1 is 1.29 bits per heavy atom. The van der Waals surface area contributed by atoms with Crippen LogP contribution in [-0.2, 0) is 14.2 Å². The number of hydrogen-bond acceptors (Lipinski definition) is 11. The van der Waals surface area contributed by atoms with Gasteiger partial charge in [0.2, 0.25) is 0 Å². The molecule has 2 aromatic rings. The number of methoxy groups -OCH3 is 1. The zero-order valence-corrected chi connectivity index (χ0v) is 21.8. The quantitative estimate of drug-likeness (QED) is 0.278. The summed E-state index contributed by atoms with van der Waals surface area (Å²) in [6.07, 6.45) is 9.04. The molecule has 2 aliphatic heterocycles. The predicted molar refractivity (Wildman–Crippen MR) is 137 cm³/mol. The number of rotatable bonds is 9. The SMILES string of the molecule is COCCSc1cnc(NN2SCN[C@@H]2C2COC3(CCCCC3)O2)c(Oc2cccnc2C)c1. The summed E-state index contributed by atoms with van der Waals surface area (Å²) in [7, 11) is 1.71. The van der Waals surface area contributed by atoms with Crippen LogP contribution in [-0.4, -0.2) is 64.4 Å². The number of nitrogens with zero attached hydrogens (tertiary/aromatic N) is 3. The van der Waals surface area contributed by atoms with Crippen molar-refractivity contribution in [2.45, 2.75) is 62.0 Å². The van der Waals surface area contributed by atoms with Gasteiger partial charge in [0.05, 0.1) is 24.8 Å². The molecule has 0 aromatic carbocycles. The largest absolute Gasteiger partial charge is 0.451 e. The molecule has 35 heavy (non-hydrogen) atoms. The van der Waals surface area contributed by atoms with Gasteiger partial charge in [-0.15, -0.1) is 16.2 Å². The number of nitrogens with one attached hydrogen (secondary N) is 2. The first-order valence-corrected chi connectivity index (χ1v) is 14.0. The fourth-order valence-corrected chi connectivity index (χ4v) is 6.25. The van der Waals surface area contributed by atoms with E-state index in [0.29, 0.717) is 30.5 Å². The van der Waals surface area contributed by atoms with Crippen LogP contribution in [0.15, 0.2) is 35.5 Å². The Hall–Kier alpha value is -1.60. The Morgan fingerprint density at radius 2 is 2.17 bits per heavy atom. The molecule has 0 amide bonds. The predicted octanol–water partition coefficient (Wildman–Crippen LogP) is 4.56. The summed E-state index contributed by atoms with van der Waals surface area (Å²) >= 11 is 3.33. The smallest absolute Gasteiger partial charge is 0.184 e. The average Bonchev–Trinajstić information content (AvgIpc) is 3.50. The molecule has 1 spiro atoms. The first kappa shape index (κ1) is 25.1. The molecule has 9 nitrogen and oxygen atoms in total. The van der Waals surface area contributed by atoms with E-state index in [-0.39, 0.29) is 12.3 Å². The maximum Gasteiger partial charge on any atom is 0.184 e. The third-order valence-electron chi connectivity index (χ3n) is 6.37. The van der Waals surface area contributed by atoms with Gasteiger partial charge in [0, 0.05) is 43.0 Å². The molecule has 2 N–H and O–H groups in total. The highest BCUT2D eigenvalue weighted by Gasteiger charge is 2.47. The van der Waals surface area contributed by atoms with Crippen molar-refractivity contribution in [2.75, 3.05) is 37.4 Å². The number of thioether (sulfide) groups is 1. The number of pyridine rings is 2. The summed E-state index contributed by atoms with van der Waals surface area (Å²) in [6, 6.07) is 5.80. The molecule has 2 saturated heterocycles. The molecule has 1 unspecified atom stereocenters. The minimum Gasteiger partial charge on any atom is -0.451 e. The van der Waals surface area contributed by atoms with Gasteiger partial charge in [-0.2, -0.15) is 0 Å². The van der Waals surface area contributed by atoms with E-state index in [1.165, 1.54) is 6.42 Å². The van der Waals surface area contributed by atoms with E-state index < -0.39 is 5.79 Å². The lowest BCUT2D eigenvalue weighted by molar-refractivity contribution is -0.191. The second-order valence-corrected chi connectivity index (χ2v) is 11.0. The zero-order valence-electron chi connectivity index (χ0n) is 20.2. The van der Waals surface area contributed by atoms with Gasteiger partial charge >= 0.3 is 0 Å². The highest BCUT2D eigenvalue weighted by molar-refractivity contribution is 7.99. The van der Waals surface area contributed by atoms with Crippen LogP contribution in [0, 0.1) is 6.92 Å². The normalized spacial score (nSPS) is 24.2. The average molecular weight is 520 g/mol. The molecular weight excluding hydrogens is 486 g/mol. The van der Waals surface area contributed by atoms with Gasteiger partial charge in [-0.25, -0.2) is 4.98 Å². The molecular formula is C24H33N5O4S2. The topological polar surface area (TPSA) is 90.0 Å². The van der Waals surface area contributed by atoms with Crippen molar-refractivity contribution >= 4 is 29.5 Å². The van der Waals surface area contributed by atoms with Crippen molar-refractivity contribution < 1.29 is 18.9 Å². The zero-order chi connectivity index (χ0) is 24.1. The maximum atomic E-state index is 6.50. The van der Waals surface area contributed by atoms with Gasteiger partial charge in [0.25, 0.3) is 0 Å². The standard InChI is InChI=1S/C24H33N5O4S2/c1-17-19(7-6-10-25-17)32-20-13-18(34-12-11-30-2)14-26-22(20)28-29-23(27-16-35-29)21-15-31-24(33-21)8-4-3-5-9-24/h6-7,10,13-14,21,23,27H,3-5,8-9,11-12,15-16H2,1-2H3,(H,26,28)/t21?,23-/m0/s1. The lowest BCUT2D eigenvalue weighted by atomic mass is 9.94. The number of aromatic nitrogens is 2. The lowest BCUT2D eigenvalue weighted by Gasteiger charge is -2.33. The molecule has 5 rings (SSSR count). The second-order valence-electron chi connectivity index (χ2n) is 8.85. The Morgan fingerprint density at radius 3 is 3.00 bits per heavy atom. The molecule has 3 aliphatic rings. The van der Waals surface area contributed by atoms with E-state index in [1.807, 2.05) is 31.3 Å². The van der Waals surface area contributed by atoms with E-state index in [4.69, 9.17) is 23.9 Å². The molecule has 4 heterocycles. The van der Waals surface area contributed by atoms with Gasteiger partial charge < -0.3 is 18.9 Å². The van der Waals surface area contributed by atoms with Crippen molar-refractivity contribution in [1.29, 1.82) is 0 Å². The van der Waals surface area contributed by atoms with Crippen molar-refractivity contribution in [3.05, 3.63) is 36.3 Å². The lowest BCUT2D eigenvalue weighted by Crippen LogP contribution is -2.48. The monoisotopic (exact) mass is 519 g/mol. The summed E-state index contributed by atoms with van der Waals surface area (Å²) < 4.78 is 26.3. The second kappa shape index (κ2) is 11.6. The summed E-state index contributed by atoms with van der Waals surface area (Å²) in [4.78, 5) is 10.1. The Bertz CT molecular complexity index is 994. The third kappa shape index (κ3) is 6.04. The summed E-state index contributed by atoms with van der Waals surface area (Å²) in [5.41, 5.74) is 4.29. The van der Waals surface area contributed by atoms with Crippen LogP contribution in [0.2, 0.25) is 0 Å². The Labute approximate surface area is 215 Å². The first-order chi connectivity index (χ1) is 17.2. The van der Waals surface area contributed by atoms with E-state index in [9.17, 15) is 0 Å². The van der Waals surface area contributed by atoms with Crippen molar-refractivity contribution in [2.24, 2.45) is 0 Å². The molecule has 2 atom stereocenters. The van der Waals surface area contributed by atoms with E-state index in [0.717, 1.165) is 47.9 Å². The summed E-state index contributed by atoms with van der Waals surface area (Å²) in [6.45, 7) is 3.18. The fraction of sp³-hybridized carbons (Fsp3) is 0.583. The third-order valence-corrected chi connectivity index (χ3v) is 8.19. The molecule has 3 fully saturated rings. The van der Waals surface area contributed by atoms with Crippen molar-refractivity contribution in [3.8, 4) is 11.5 Å². The molecule has 1 saturated carbocycles. The van der Waals surface area contributed by atoms with Crippen LogP contribution in [0.5, 0.6) is 11.5 Å². The Kier molecular flexibility index (Phi) is 8.33. The fourth-order valence-electron chi connectivity index (χ4n) is 4.54. The van der Waals surface area contributed by atoms with Gasteiger partial charge in [-0.1, -0.05) is 6.42 Å². The summed E-state index contributed by atoms with van der Waals surface area (Å²) in [5, 5.41) is 3.54. The molecule has 2 aromatic heterocycles. The van der Waals surface area contributed by atoms with Crippen LogP contribution in [0.25, 0.3) is 0 Å². The summed E-state index contributed by atoms with van der Waals surface area (Å²) in [5.74, 6) is 3.18. The molecule has 0 bridgehead atoms. The van der Waals surface area contributed by atoms with E-state index in [2.05, 4.69) is 20.1 Å². The number of anilines is 1. The molecule has 1 aliphatic carbocycles. The molecule has 190 valence electrons. The minimum absolute atomic E-state index is 0.0492. The Balaban J connectivity index is 1.32. The number of aryl methyl sites for hydroxylation is 1. The maximum absolute atomic E-state index is 6.50. The van der Waals surface area contributed by atoms with Crippen LogP contribution >= 0.6 is 23.7 Å². The van der Waals surface area contributed by atoms with Crippen molar-refractivity contribution in [1.82, 2.24) is 19.7 Å². The van der Waals surface area contributed by atoms with Gasteiger partial charge in [-0.3, -0.25) is 15.7 Å².